The largest absolute Gasteiger partial charge is 0.478 e. The highest BCUT2D eigenvalue weighted by Gasteiger charge is 2.37. The van der Waals surface area contributed by atoms with Gasteiger partial charge in [0, 0.05) is 109 Å². The van der Waals surface area contributed by atoms with Crippen LogP contribution in [0.25, 0.3) is 66.9 Å². The predicted octanol–water partition coefficient (Wildman–Crippen LogP) is 11.8. The van der Waals surface area contributed by atoms with E-state index in [-0.39, 0.29) is 60.3 Å². The molecule has 8 aromatic rings. The summed E-state index contributed by atoms with van der Waals surface area (Å²) in [5.41, 5.74) is 3.45. The number of likely N-dealkylation sites (tertiary alicyclic amines) is 2. The lowest BCUT2D eigenvalue weighted by Crippen LogP contribution is -2.52. The van der Waals surface area contributed by atoms with E-state index in [1.165, 1.54) is 30.5 Å². The summed E-state index contributed by atoms with van der Waals surface area (Å²) in [6, 6.07) is 11.0. The van der Waals surface area contributed by atoms with Crippen LogP contribution in [0.1, 0.15) is 83.0 Å². The van der Waals surface area contributed by atoms with Crippen LogP contribution >= 0.6 is 0 Å². The van der Waals surface area contributed by atoms with Crippen LogP contribution in [-0.4, -0.2) is 160 Å². The number of amides is 3. The molecule has 2 aromatic carbocycles. The number of nitrogens with zero attached hydrogens (tertiary/aromatic N) is 12. The molecule has 0 bridgehead atoms. The number of carboxylic acids is 1. The Balaban J connectivity index is 0.000000210. The molecule has 2 saturated heterocycles. The summed E-state index contributed by atoms with van der Waals surface area (Å²) in [6.45, 7) is 35.1. The summed E-state index contributed by atoms with van der Waals surface area (Å²) in [5.74, 6) is -1.92. The molecule has 0 unspecified atom stereocenters. The van der Waals surface area contributed by atoms with Crippen molar-refractivity contribution in [1.29, 1.82) is 0 Å². The van der Waals surface area contributed by atoms with Gasteiger partial charge in [0.15, 0.2) is 11.3 Å². The number of carboxylic acid groups (broad SMARTS) is 1. The van der Waals surface area contributed by atoms with Gasteiger partial charge in [-0.1, -0.05) is 39.3 Å². The summed E-state index contributed by atoms with van der Waals surface area (Å²) in [4.78, 5) is 72.5. The van der Waals surface area contributed by atoms with Gasteiger partial charge in [-0.3, -0.25) is 14.2 Å². The standard InChI is InChI=1S/C33H46FN7O4Si.C29H37FN6O5Si/c1-32(2,3)37-30(42)24-19-40(20-44-12-13-46(7,8)9)29-28(24)36-25(15-35-29)27-23-11-10-22(34)14-26(23)41(38-27)18-21-16-39(17-21)31(43)45-33(4,5)6;1-29(2,3)41-28(39)34-13-18(14-34)15-36-23-11-19(30)7-8-20(23)24(33-36)22-12-31-26-25(32-22)21(27(37)38)16-35(26)17-40-9-10-42(4,5)6/h10-11,14-15,19,21H,12-13,16-18,20H2,1-9H3,(H,37,42);7-8,11-12,16,18H,9-10,13-15,17H2,1-6H3,(H,37,38). The molecule has 2 aliphatic rings. The number of nitrogens with one attached hydrogen (secondary N) is 1. The van der Waals surface area contributed by atoms with Gasteiger partial charge in [0.25, 0.3) is 5.91 Å². The van der Waals surface area contributed by atoms with E-state index in [2.05, 4.69) is 54.6 Å². The average Bonchev–Trinajstić information content (AvgIpc) is 1.77. The molecule has 0 atom stereocenters. The Bertz CT molecular complexity index is 3910. The van der Waals surface area contributed by atoms with Gasteiger partial charge >= 0.3 is 18.2 Å². The highest BCUT2D eigenvalue weighted by atomic mass is 28.3. The first-order valence-corrected chi connectivity index (χ1v) is 37.2. The number of rotatable bonds is 18. The van der Waals surface area contributed by atoms with Gasteiger partial charge in [-0.05, 0) is 111 Å². The minimum absolute atomic E-state index is 0.0135. The quantitative estimate of drug-likeness (QED) is 0.0600. The first-order chi connectivity index (χ1) is 41.0. The number of hydrogen-bond acceptors (Lipinski definition) is 14. The number of aromatic carboxylic acids is 1. The zero-order chi connectivity index (χ0) is 64.0. The predicted molar refractivity (Wildman–Crippen MR) is 337 cm³/mol. The van der Waals surface area contributed by atoms with E-state index in [9.17, 15) is 33.1 Å². The topological polar surface area (TPSA) is 241 Å². The maximum atomic E-state index is 14.5. The monoisotopic (exact) mass is 1250 g/mol. The molecule has 2 fully saturated rings. The zero-order valence-corrected chi connectivity index (χ0v) is 55.2. The fourth-order valence-electron chi connectivity index (χ4n) is 10.1. The minimum atomic E-state index is -1.27. The SMILES string of the molecule is CC(C)(C)NC(=O)c1cn(COCC[Si](C)(C)C)c2ncc(-c3nn(CC4CN(C(=O)OC(C)(C)C)C4)c4cc(F)ccc34)nc12.CC(C)(C)OC(=O)N1CC(Cn2nc(-c3cnc4c(n3)c(C(=O)O)cn4COCC[Si](C)(C)C)c3ccc(F)cc32)C1. The highest BCUT2D eigenvalue weighted by Crippen LogP contribution is 2.34. The van der Waals surface area contributed by atoms with Crippen LogP contribution in [0.5, 0.6) is 0 Å². The third-order valence-corrected chi connectivity index (χ3v) is 17.9. The van der Waals surface area contributed by atoms with Crippen LogP contribution in [-0.2, 0) is 45.5 Å². The zero-order valence-electron chi connectivity index (χ0n) is 53.2. The van der Waals surface area contributed by atoms with Gasteiger partial charge in [-0.15, -0.1) is 0 Å². The number of fused-ring (bicyclic) bond motifs is 4. The normalized spacial score (nSPS) is 14.6. The van der Waals surface area contributed by atoms with Gasteiger partial charge in [0.2, 0.25) is 0 Å². The lowest BCUT2D eigenvalue weighted by molar-refractivity contribution is -0.00441. The lowest BCUT2D eigenvalue weighted by atomic mass is 10.0. The number of carbonyl (C=O) groups is 4. The Hall–Kier alpha value is -7.69. The Morgan fingerprint density at radius 3 is 1.39 bits per heavy atom. The Labute approximate surface area is 512 Å². The summed E-state index contributed by atoms with van der Waals surface area (Å²) in [5, 5.41) is 23.9. The Kier molecular flexibility index (Phi) is 18.4. The summed E-state index contributed by atoms with van der Waals surface area (Å²) in [6.07, 6.45) is 5.71. The minimum Gasteiger partial charge on any atom is -0.478 e. The van der Waals surface area contributed by atoms with Crippen LogP contribution in [0.3, 0.4) is 0 Å². The van der Waals surface area contributed by atoms with Crippen molar-refractivity contribution in [3.63, 3.8) is 0 Å². The fourth-order valence-corrected chi connectivity index (χ4v) is 11.6. The molecule has 8 heterocycles. The maximum Gasteiger partial charge on any atom is 0.410 e. The molecule has 26 heteroatoms. The molecular weight excluding hydrogens is 1160 g/mol. The van der Waals surface area contributed by atoms with Crippen molar-refractivity contribution in [3.05, 3.63) is 83.9 Å². The van der Waals surface area contributed by atoms with E-state index in [4.69, 9.17) is 39.1 Å². The van der Waals surface area contributed by atoms with Crippen LogP contribution in [0.2, 0.25) is 51.4 Å². The molecule has 6 aromatic heterocycles. The van der Waals surface area contributed by atoms with E-state index in [0.717, 1.165) is 12.1 Å². The molecule has 2 aliphatic heterocycles. The van der Waals surface area contributed by atoms with E-state index >= 15 is 0 Å². The van der Waals surface area contributed by atoms with Crippen molar-refractivity contribution >= 4 is 84.3 Å². The molecule has 88 heavy (non-hydrogen) atoms. The number of ether oxygens (including phenoxy) is 4. The van der Waals surface area contributed by atoms with Crippen molar-refractivity contribution < 1.29 is 52.0 Å². The van der Waals surface area contributed by atoms with Crippen LogP contribution in [0.15, 0.2) is 61.2 Å². The smallest absolute Gasteiger partial charge is 0.410 e. The van der Waals surface area contributed by atoms with E-state index < -0.39 is 44.7 Å². The first-order valence-electron chi connectivity index (χ1n) is 29.8. The molecule has 22 nitrogen and oxygen atoms in total. The molecule has 0 saturated carbocycles. The van der Waals surface area contributed by atoms with Crippen molar-refractivity contribution in [1.82, 2.24) is 63.7 Å². The average molecular weight is 1250 g/mol. The number of hydrogen-bond donors (Lipinski definition) is 2. The second-order valence-corrected chi connectivity index (χ2v) is 39.7. The highest BCUT2D eigenvalue weighted by molar-refractivity contribution is 6.76. The van der Waals surface area contributed by atoms with Crippen molar-refractivity contribution in [3.8, 4) is 22.8 Å². The molecule has 10 rings (SSSR count). The second kappa shape index (κ2) is 25.1. The van der Waals surface area contributed by atoms with Gasteiger partial charge in [-0.25, -0.2) is 43.1 Å². The molecule has 0 radical (unpaired) electrons. The van der Waals surface area contributed by atoms with Crippen LogP contribution in [0.4, 0.5) is 18.4 Å². The molecule has 2 N–H and O–H groups in total. The van der Waals surface area contributed by atoms with Crippen LogP contribution < -0.4 is 5.32 Å². The second-order valence-electron chi connectivity index (χ2n) is 28.5. The van der Waals surface area contributed by atoms with E-state index in [0.29, 0.717) is 119 Å². The summed E-state index contributed by atoms with van der Waals surface area (Å²) >= 11 is 0. The number of aromatic nitrogens is 10. The molecule has 0 spiro atoms. The van der Waals surface area contributed by atoms with Crippen molar-refractivity contribution in [2.24, 2.45) is 11.8 Å². The number of carbonyl (C=O) groups excluding carboxylic acids is 3. The van der Waals surface area contributed by atoms with Gasteiger partial charge in [0.05, 0.1) is 29.0 Å². The molecular formula is C62H83F2N13O9Si2. The summed E-state index contributed by atoms with van der Waals surface area (Å²) in [7, 11) is -2.54. The van der Waals surface area contributed by atoms with Gasteiger partial charge in [-0.2, -0.15) is 10.2 Å². The third-order valence-electron chi connectivity index (χ3n) is 14.5. The van der Waals surface area contributed by atoms with E-state index in [1.807, 2.05) is 66.9 Å². The fraction of sp³-hybridized carbons (Fsp3) is 0.516. The van der Waals surface area contributed by atoms with Crippen molar-refractivity contribution in [2.75, 3.05) is 39.4 Å². The Morgan fingerprint density at radius 2 is 1.01 bits per heavy atom. The van der Waals surface area contributed by atoms with E-state index in [1.54, 1.807) is 54.5 Å². The van der Waals surface area contributed by atoms with Gasteiger partial charge in [0.1, 0.15) is 75.7 Å². The maximum absolute atomic E-state index is 14.5. The molecule has 472 valence electrons. The molecule has 0 aliphatic carbocycles. The third kappa shape index (κ3) is 16.0. The lowest BCUT2D eigenvalue weighted by Gasteiger charge is -2.39. The Morgan fingerprint density at radius 1 is 0.614 bits per heavy atom. The first kappa shape index (κ1) is 64.8. The molecule has 3 amide bonds. The van der Waals surface area contributed by atoms with Crippen molar-refractivity contribution in [2.45, 2.75) is 157 Å². The summed E-state index contributed by atoms with van der Waals surface area (Å²) < 4.78 is 58.5. The van der Waals surface area contributed by atoms with Gasteiger partial charge < -0.3 is 48.3 Å². The number of halogens is 2. The van der Waals surface area contributed by atoms with Crippen LogP contribution in [0, 0.1) is 23.5 Å². The number of benzene rings is 2.